The lowest BCUT2D eigenvalue weighted by molar-refractivity contribution is 0.144. The number of nitrogens with two attached hydrogens (primary N) is 1. The summed E-state index contributed by atoms with van der Waals surface area (Å²) in [4.78, 5) is 2.99. The molecule has 0 unspecified atom stereocenters. The molecule has 0 aromatic heterocycles. The Morgan fingerprint density at radius 2 is 1.65 bits per heavy atom. The van der Waals surface area contributed by atoms with Gasteiger partial charge in [0.25, 0.3) is 0 Å². The fourth-order valence-electron chi connectivity index (χ4n) is 3.98. The van der Waals surface area contributed by atoms with Crippen LogP contribution in [0, 0.1) is 5.41 Å². The van der Waals surface area contributed by atoms with Gasteiger partial charge in [0.2, 0.25) is 0 Å². The first kappa shape index (κ1) is 13.9. The molecule has 2 fully saturated rings. The highest BCUT2D eigenvalue weighted by Crippen LogP contribution is 2.45. The Bertz CT molecular complexity index is 482. The van der Waals surface area contributed by atoms with Gasteiger partial charge in [-0.1, -0.05) is 43.6 Å². The zero-order valence-corrected chi connectivity index (χ0v) is 12.9. The van der Waals surface area contributed by atoms with Crippen LogP contribution in [-0.2, 0) is 0 Å². The smallest absolute Gasteiger partial charge is 0.106 e. The summed E-state index contributed by atoms with van der Waals surface area (Å²) in [5.74, 6) is 0. The van der Waals surface area contributed by atoms with Gasteiger partial charge in [-0.3, -0.25) is 0 Å². The molecule has 0 radical (unpaired) electrons. The predicted octanol–water partition coefficient (Wildman–Crippen LogP) is 3.87. The Morgan fingerprint density at radius 1 is 1.00 bits per heavy atom. The van der Waals surface area contributed by atoms with E-state index in [1.807, 2.05) is 12.1 Å². The minimum atomic E-state index is 0.513. The quantitative estimate of drug-likeness (QED) is 0.838. The Hall–Kier alpha value is -1.09. The summed E-state index contributed by atoms with van der Waals surface area (Å²) in [6.45, 7) is 2.30. The highest BCUT2D eigenvalue weighted by Gasteiger charge is 2.35. The lowest BCUT2D eigenvalue weighted by Crippen LogP contribution is -2.41. The van der Waals surface area contributed by atoms with E-state index >= 15 is 0 Å². The number of thiocarbonyl (C=S) groups is 1. The lowest BCUT2D eigenvalue weighted by Gasteiger charge is -2.45. The molecule has 1 aromatic carbocycles. The van der Waals surface area contributed by atoms with Crippen molar-refractivity contribution in [1.82, 2.24) is 0 Å². The van der Waals surface area contributed by atoms with Gasteiger partial charge in [0.1, 0.15) is 4.99 Å². The minimum absolute atomic E-state index is 0.513. The van der Waals surface area contributed by atoms with Crippen molar-refractivity contribution in [1.29, 1.82) is 0 Å². The zero-order chi connectivity index (χ0) is 14.0. The first-order valence-corrected chi connectivity index (χ1v) is 8.25. The van der Waals surface area contributed by atoms with E-state index in [9.17, 15) is 0 Å². The largest absolute Gasteiger partial charge is 0.389 e. The molecule has 20 heavy (non-hydrogen) atoms. The van der Waals surface area contributed by atoms with Crippen LogP contribution in [0.1, 0.15) is 50.5 Å². The van der Waals surface area contributed by atoms with Crippen LogP contribution < -0.4 is 10.6 Å². The van der Waals surface area contributed by atoms with Gasteiger partial charge in [-0.05, 0) is 43.2 Å². The molecule has 2 aliphatic rings. The summed E-state index contributed by atoms with van der Waals surface area (Å²) in [7, 11) is 0. The zero-order valence-electron chi connectivity index (χ0n) is 12.1. The van der Waals surface area contributed by atoms with E-state index in [2.05, 4.69) is 17.0 Å². The molecular formula is C17H24N2S. The molecule has 3 rings (SSSR count). The van der Waals surface area contributed by atoms with Crippen molar-refractivity contribution in [2.24, 2.45) is 11.1 Å². The van der Waals surface area contributed by atoms with Gasteiger partial charge in [-0.2, -0.15) is 0 Å². The molecule has 1 saturated heterocycles. The third kappa shape index (κ3) is 2.69. The molecule has 108 valence electrons. The average molecular weight is 288 g/mol. The maximum atomic E-state index is 5.86. The summed E-state index contributed by atoms with van der Waals surface area (Å²) in [5, 5.41) is 0. The first-order chi connectivity index (χ1) is 9.70. The molecule has 0 bridgehead atoms. The molecule has 1 aromatic rings. The number of benzene rings is 1. The molecule has 2 N–H and O–H groups in total. The number of piperidine rings is 1. The Labute approximate surface area is 127 Å². The molecule has 0 atom stereocenters. The Kier molecular flexibility index (Phi) is 3.97. The summed E-state index contributed by atoms with van der Waals surface area (Å²) < 4.78 is 0. The first-order valence-electron chi connectivity index (χ1n) is 7.84. The maximum Gasteiger partial charge on any atom is 0.106 e. The van der Waals surface area contributed by atoms with E-state index in [0.29, 0.717) is 10.4 Å². The third-order valence-corrected chi connectivity index (χ3v) is 5.47. The van der Waals surface area contributed by atoms with Gasteiger partial charge in [0.05, 0.1) is 0 Å². The van der Waals surface area contributed by atoms with Crippen LogP contribution in [-0.4, -0.2) is 18.1 Å². The number of hydrogen-bond acceptors (Lipinski definition) is 2. The summed E-state index contributed by atoms with van der Waals surface area (Å²) in [6.07, 6.45) is 9.86. The van der Waals surface area contributed by atoms with Crippen LogP contribution in [0.25, 0.3) is 0 Å². The van der Waals surface area contributed by atoms with E-state index in [0.717, 1.165) is 18.7 Å². The molecule has 1 aliphatic carbocycles. The van der Waals surface area contributed by atoms with Crippen LogP contribution in [0.5, 0.6) is 0 Å². The lowest BCUT2D eigenvalue weighted by atomic mass is 9.68. The van der Waals surface area contributed by atoms with Crippen LogP contribution in [0.2, 0.25) is 0 Å². The van der Waals surface area contributed by atoms with Gasteiger partial charge in [0, 0.05) is 24.3 Å². The summed E-state index contributed by atoms with van der Waals surface area (Å²) in [6, 6.07) is 8.31. The fourth-order valence-corrected chi connectivity index (χ4v) is 4.15. The van der Waals surface area contributed by atoms with Crippen molar-refractivity contribution in [3.05, 3.63) is 29.8 Å². The van der Waals surface area contributed by atoms with Gasteiger partial charge in [0.15, 0.2) is 0 Å². The number of nitrogens with zero attached hydrogens (tertiary/aromatic N) is 1. The fraction of sp³-hybridized carbons (Fsp3) is 0.588. The molecule has 1 spiro atoms. The monoisotopic (exact) mass is 288 g/mol. The second kappa shape index (κ2) is 5.72. The van der Waals surface area contributed by atoms with Crippen molar-refractivity contribution in [3.63, 3.8) is 0 Å². The van der Waals surface area contributed by atoms with Crippen LogP contribution in [0.15, 0.2) is 24.3 Å². The van der Waals surface area contributed by atoms with Crippen LogP contribution in [0.4, 0.5) is 5.69 Å². The van der Waals surface area contributed by atoms with Gasteiger partial charge in [-0.25, -0.2) is 0 Å². The topological polar surface area (TPSA) is 29.3 Å². The SMILES string of the molecule is NC(=S)c1ccccc1N1CCC2(CCCCC2)CC1. The molecule has 2 nitrogen and oxygen atoms in total. The third-order valence-electron chi connectivity index (χ3n) is 5.25. The minimum Gasteiger partial charge on any atom is -0.389 e. The second-order valence-electron chi connectivity index (χ2n) is 6.43. The van der Waals surface area contributed by atoms with Gasteiger partial charge >= 0.3 is 0 Å². The van der Waals surface area contributed by atoms with Crippen molar-refractivity contribution in [2.75, 3.05) is 18.0 Å². The molecule has 1 heterocycles. The standard InChI is InChI=1S/C17H24N2S/c18-16(20)14-6-2-3-7-15(14)19-12-10-17(11-13-19)8-4-1-5-9-17/h2-3,6-7H,1,4-5,8-13H2,(H2,18,20). The van der Waals surface area contributed by atoms with Gasteiger partial charge in [-0.15, -0.1) is 0 Å². The molecule has 1 aliphatic heterocycles. The summed E-state index contributed by atoms with van der Waals surface area (Å²) in [5.41, 5.74) is 8.77. The van der Waals surface area contributed by atoms with E-state index in [1.54, 1.807) is 0 Å². The van der Waals surface area contributed by atoms with E-state index in [4.69, 9.17) is 18.0 Å². The summed E-state index contributed by atoms with van der Waals surface area (Å²) >= 11 is 5.19. The molecular weight excluding hydrogens is 264 g/mol. The predicted molar refractivity (Wildman–Crippen MR) is 89.3 cm³/mol. The Morgan fingerprint density at radius 3 is 2.30 bits per heavy atom. The van der Waals surface area contributed by atoms with E-state index in [-0.39, 0.29) is 0 Å². The van der Waals surface area contributed by atoms with Crippen molar-refractivity contribution < 1.29 is 0 Å². The molecule has 1 saturated carbocycles. The molecule has 0 amide bonds. The van der Waals surface area contributed by atoms with Gasteiger partial charge < -0.3 is 10.6 Å². The average Bonchev–Trinajstić information content (AvgIpc) is 2.49. The maximum absolute atomic E-state index is 5.86. The number of hydrogen-bond donors (Lipinski definition) is 1. The van der Waals surface area contributed by atoms with Crippen molar-refractivity contribution in [2.45, 2.75) is 44.9 Å². The highest BCUT2D eigenvalue weighted by molar-refractivity contribution is 7.80. The van der Waals surface area contributed by atoms with E-state index in [1.165, 1.54) is 50.6 Å². The van der Waals surface area contributed by atoms with E-state index < -0.39 is 0 Å². The highest BCUT2D eigenvalue weighted by atomic mass is 32.1. The van der Waals surface area contributed by atoms with Crippen LogP contribution >= 0.6 is 12.2 Å². The van der Waals surface area contributed by atoms with Crippen molar-refractivity contribution in [3.8, 4) is 0 Å². The second-order valence-corrected chi connectivity index (χ2v) is 6.87. The number of rotatable bonds is 2. The number of para-hydroxylation sites is 1. The Balaban J connectivity index is 1.73. The normalized spacial score (nSPS) is 21.9. The van der Waals surface area contributed by atoms with Crippen LogP contribution in [0.3, 0.4) is 0 Å². The molecule has 3 heteroatoms. The van der Waals surface area contributed by atoms with Crippen molar-refractivity contribution >= 4 is 22.9 Å². The number of anilines is 1.